The summed E-state index contributed by atoms with van der Waals surface area (Å²) in [7, 11) is -2.68. The third kappa shape index (κ3) is 5.12. The zero-order valence-electron chi connectivity index (χ0n) is 16.8. The second-order valence-corrected chi connectivity index (χ2v) is 9.31. The number of hydrogen-bond donors (Lipinski definition) is 2. The molecule has 0 aliphatic heterocycles. The number of sulfone groups is 1. The number of benzene rings is 3. The molecule has 6 nitrogen and oxygen atoms in total. The molecule has 0 spiro atoms. The predicted molar refractivity (Wildman–Crippen MR) is 123 cm³/mol. The Morgan fingerprint density at radius 3 is 2.26 bits per heavy atom. The zero-order valence-corrected chi connectivity index (χ0v) is 19.1. The van der Waals surface area contributed by atoms with E-state index in [1.807, 2.05) is 13.0 Å². The lowest BCUT2D eigenvalue weighted by molar-refractivity contribution is -0.114. The number of hydrogen-bond acceptors (Lipinski definition) is 5. The van der Waals surface area contributed by atoms with Crippen molar-refractivity contribution < 1.29 is 17.9 Å². The number of rotatable bonds is 7. The van der Waals surface area contributed by atoms with Crippen LogP contribution in [0.15, 0.2) is 70.5 Å². The fourth-order valence-corrected chi connectivity index (χ4v) is 5.35. The quantitative estimate of drug-likeness (QED) is 0.487. The van der Waals surface area contributed by atoms with E-state index in [1.54, 1.807) is 36.4 Å². The van der Waals surface area contributed by atoms with E-state index < -0.39 is 9.84 Å². The van der Waals surface area contributed by atoms with Gasteiger partial charge < -0.3 is 15.4 Å². The van der Waals surface area contributed by atoms with Crippen LogP contribution in [0.2, 0.25) is 10.0 Å². The normalized spacial score (nSPS) is 11.1. The Hall–Kier alpha value is -2.74. The van der Waals surface area contributed by atoms with E-state index in [1.165, 1.54) is 25.3 Å². The Balaban J connectivity index is 1.94. The maximum Gasteiger partial charge on any atom is 0.243 e. The molecule has 9 heteroatoms. The highest BCUT2D eigenvalue weighted by atomic mass is 35.5. The van der Waals surface area contributed by atoms with Crippen LogP contribution in [0.3, 0.4) is 0 Å². The minimum Gasteiger partial charge on any atom is -0.495 e. The summed E-state index contributed by atoms with van der Waals surface area (Å²) in [6.45, 7) is 1.70. The van der Waals surface area contributed by atoms with Gasteiger partial charge in [-0.3, -0.25) is 4.79 Å². The topological polar surface area (TPSA) is 84.5 Å². The van der Waals surface area contributed by atoms with Crippen molar-refractivity contribution in [3.8, 4) is 5.75 Å². The van der Waals surface area contributed by atoms with Crippen molar-refractivity contribution in [2.24, 2.45) is 0 Å². The number of anilines is 2. The van der Waals surface area contributed by atoms with E-state index in [4.69, 9.17) is 27.9 Å². The molecule has 0 fully saturated rings. The molecule has 31 heavy (non-hydrogen) atoms. The maximum absolute atomic E-state index is 13.3. The summed E-state index contributed by atoms with van der Waals surface area (Å²) in [4.78, 5) is 12.0. The molecule has 0 aliphatic rings. The average Bonchev–Trinajstić information content (AvgIpc) is 2.74. The molecule has 0 bridgehead atoms. The van der Waals surface area contributed by atoms with E-state index in [0.717, 1.165) is 5.56 Å². The van der Waals surface area contributed by atoms with Gasteiger partial charge in [0.1, 0.15) is 15.7 Å². The number of carbonyl (C=O) groups excluding carboxylic acids is 1. The maximum atomic E-state index is 13.3. The summed E-state index contributed by atoms with van der Waals surface area (Å²) in [5.41, 5.74) is 1.75. The van der Waals surface area contributed by atoms with Crippen molar-refractivity contribution in [3.05, 3.63) is 76.3 Å². The van der Waals surface area contributed by atoms with Gasteiger partial charge in [-0.1, -0.05) is 59.1 Å². The molecule has 0 radical (unpaired) electrons. The lowest BCUT2D eigenvalue weighted by atomic mass is 10.2. The van der Waals surface area contributed by atoms with E-state index >= 15 is 0 Å². The molecular formula is C22H20Cl2N2O4S. The summed E-state index contributed by atoms with van der Waals surface area (Å²) >= 11 is 12.8. The van der Waals surface area contributed by atoms with Gasteiger partial charge in [-0.25, -0.2) is 8.42 Å². The SMILES string of the molecule is COc1cc(NCC(=O)Nc2ccccc2)c(Cl)c(S(=O)(=O)c2ccc(C)cc2)c1Cl. The van der Waals surface area contributed by atoms with Gasteiger partial charge in [0, 0.05) is 11.8 Å². The summed E-state index contributed by atoms with van der Waals surface area (Å²) in [5.74, 6) is -0.221. The molecular weight excluding hydrogens is 459 g/mol. The highest BCUT2D eigenvalue weighted by Crippen LogP contribution is 2.43. The van der Waals surface area contributed by atoms with E-state index in [9.17, 15) is 13.2 Å². The summed E-state index contributed by atoms with van der Waals surface area (Å²) in [6.07, 6.45) is 0. The number of carbonyl (C=O) groups is 1. The van der Waals surface area contributed by atoms with Crippen LogP contribution in [-0.2, 0) is 14.6 Å². The van der Waals surface area contributed by atoms with Gasteiger partial charge in [0.05, 0.1) is 29.3 Å². The Kier molecular flexibility index (Phi) is 7.10. The number of para-hydroxylation sites is 1. The van der Waals surface area contributed by atoms with Crippen LogP contribution in [0.25, 0.3) is 0 Å². The molecule has 3 aromatic rings. The number of aryl methyl sites for hydroxylation is 1. The third-order valence-electron chi connectivity index (χ3n) is 4.44. The van der Waals surface area contributed by atoms with Gasteiger partial charge in [-0.15, -0.1) is 0 Å². The number of halogens is 2. The summed E-state index contributed by atoms with van der Waals surface area (Å²) in [6, 6.07) is 16.7. The fourth-order valence-electron chi connectivity index (χ4n) is 2.84. The molecule has 0 atom stereocenters. The van der Waals surface area contributed by atoms with E-state index in [0.29, 0.717) is 5.69 Å². The second-order valence-electron chi connectivity index (χ2n) is 6.67. The lowest BCUT2D eigenvalue weighted by Crippen LogP contribution is -2.22. The monoisotopic (exact) mass is 478 g/mol. The van der Waals surface area contributed by atoms with Crippen LogP contribution in [0, 0.1) is 6.92 Å². The fraction of sp³-hybridized carbons (Fsp3) is 0.136. The van der Waals surface area contributed by atoms with Crippen LogP contribution >= 0.6 is 23.2 Å². The first kappa shape index (κ1) is 22.9. The molecule has 0 saturated carbocycles. The van der Waals surface area contributed by atoms with Crippen LogP contribution in [0.1, 0.15) is 5.56 Å². The highest BCUT2D eigenvalue weighted by molar-refractivity contribution is 7.91. The van der Waals surface area contributed by atoms with Gasteiger partial charge in [-0.05, 0) is 31.2 Å². The summed E-state index contributed by atoms with van der Waals surface area (Å²) < 4.78 is 31.7. The van der Waals surface area contributed by atoms with E-state index in [2.05, 4.69) is 10.6 Å². The molecule has 0 aliphatic carbocycles. The van der Waals surface area contributed by atoms with Crippen molar-refractivity contribution in [2.45, 2.75) is 16.7 Å². The van der Waals surface area contributed by atoms with Crippen LogP contribution in [0.4, 0.5) is 11.4 Å². The van der Waals surface area contributed by atoms with Crippen molar-refractivity contribution in [1.82, 2.24) is 0 Å². The number of amides is 1. The molecule has 162 valence electrons. The molecule has 3 aromatic carbocycles. The largest absolute Gasteiger partial charge is 0.495 e. The second kappa shape index (κ2) is 9.60. The van der Waals surface area contributed by atoms with Crippen LogP contribution < -0.4 is 15.4 Å². The van der Waals surface area contributed by atoms with Crippen LogP contribution in [-0.4, -0.2) is 28.0 Å². The highest BCUT2D eigenvalue weighted by Gasteiger charge is 2.29. The van der Waals surface area contributed by atoms with E-state index in [-0.39, 0.29) is 43.7 Å². The standard InChI is InChI=1S/C22H20Cl2N2O4S/c1-14-8-10-16(11-9-14)31(28,29)22-20(23)17(12-18(30-2)21(22)24)25-13-19(27)26-15-6-4-3-5-7-15/h3-12,25H,13H2,1-2H3,(H,26,27). The smallest absolute Gasteiger partial charge is 0.243 e. The van der Waals surface area contributed by atoms with Crippen molar-refractivity contribution in [3.63, 3.8) is 0 Å². The molecule has 0 aromatic heterocycles. The van der Waals surface area contributed by atoms with Crippen molar-refractivity contribution in [2.75, 3.05) is 24.3 Å². The minimum atomic E-state index is -4.04. The minimum absolute atomic E-state index is 0.0444. The van der Waals surface area contributed by atoms with Crippen LogP contribution in [0.5, 0.6) is 5.75 Å². The first-order valence-corrected chi connectivity index (χ1v) is 11.4. The van der Waals surface area contributed by atoms with Gasteiger partial charge in [-0.2, -0.15) is 0 Å². The molecule has 1 amide bonds. The third-order valence-corrected chi connectivity index (χ3v) is 7.27. The zero-order chi connectivity index (χ0) is 22.6. The van der Waals surface area contributed by atoms with Crippen molar-refractivity contribution in [1.29, 1.82) is 0 Å². The van der Waals surface area contributed by atoms with Crippen molar-refractivity contribution >= 4 is 50.3 Å². The Morgan fingerprint density at radius 1 is 1.00 bits per heavy atom. The van der Waals surface area contributed by atoms with Gasteiger partial charge in [0.15, 0.2) is 0 Å². The molecule has 2 N–H and O–H groups in total. The first-order chi connectivity index (χ1) is 14.7. The molecule has 0 heterocycles. The Bertz CT molecular complexity index is 1200. The summed E-state index contributed by atoms with van der Waals surface area (Å²) in [5, 5.41) is 5.33. The van der Waals surface area contributed by atoms with Gasteiger partial charge in [0.25, 0.3) is 0 Å². The predicted octanol–water partition coefficient (Wildman–Crippen LogP) is 5.19. The van der Waals surface area contributed by atoms with Gasteiger partial charge in [0.2, 0.25) is 15.7 Å². The van der Waals surface area contributed by atoms with Gasteiger partial charge >= 0.3 is 0 Å². The Morgan fingerprint density at radius 2 is 1.65 bits per heavy atom. The average molecular weight is 479 g/mol. The molecule has 0 saturated heterocycles. The lowest BCUT2D eigenvalue weighted by Gasteiger charge is -2.17. The number of nitrogens with one attached hydrogen (secondary N) is 2. The molecule has 0 unspecified atom stereocenters. The number of methoxy groups -OCH3 is 1. The Labute approximate surface area is 191 Å². The molecule has 3 rings (SSSR count). The first-order valence-electron chi connectivity index (χ1n) is 9.20. The number of ether oxygens (including phenoxy) is 1.